The number of hydrogen-bond acceptors (Lipinski definition) is 4. The van der Waals surface area contributed by atoms with Gasteiger partial charge in [-0.1, -0.05) is 13.0 Å². The third-order valence-corrected chi connectivity index (χ3v) is 3.72. The van der Waals surface area contributed by atoms with E-state index in [0.29, 0.717) is 12.3 Å². The number of amides is 1. The zero-order chi connectivity index (χ0) is 12.7. The van der Waals surface area contributed by atoms with Crippen LogP contribution >= 0.6 is 11.8 Å². The molecular weight excluding hydrogens is 236 g/mol. The second-order valence-electron chi connectivity index (χ2n) is 3.89. The van der Waals surface area contributed by atoms with Crippen LogP contribution in [-0.4, -0.2) is 33.1 Å². The van der Waals surface area contributed by atoms with Crippen LogP contribution in [0.1, 0.15) is 19.4 Å². The largest absolute Gasteiger partial charge is 0.392 e. The Labute approximate surface area is 106 Å². The molecule has 0 aromatic carbocycles. The van der Waals surface area contributed by atoms with Gasteiger partial charge < -0.3 is 10.4 Å². The predicted octanol–water partition coefficient (Wildman–Crippen LogP) is 1.20. The van der Waals surface area contributed by atoms with E-state index in [2.05, 4.69) is 10.3 Å². The molecule has 1 rings (SSSR count). The first-order chi connectivity index (χ1) is 8.09. The molecular formula is C12H18N2O2S. The first-order valence-electron chi connectivity index (χ1n) is 5.55. The number of aliphatic hydroxyl groups is 1. The van der Waals surface area contributed by atoms with Gasteiger partial charge in [0.05, 0.1) is 11.9 Å². The minimum absolute atomic E-state index is 0.0219. The highest BCUT2D eigenvalue weighted by atomic mass is 32.2. The van der Waals surface area contributed by atoms with Gasteiger partial charge in [-0.05, 0) is 18.6 Å². The van der Waals surface area contributed by atoms with E-state index in [-0.39, 0.29) is 11.2 Å². The Balaban J connectivity index is 2.22. The molecule has 0 aliphatic rings. The Morgan fingerprint density at radius 1 is 1.59 bits per heavy atom. The van der Waals surface area contributed by atoms with Gasteiger partial charge in [0.1, 0.15) is 0 Å². The maximum absolute atomic E-state index is 11.5. The van der Waals surface area contributed by atoms with Crippen LogP contribution in [0, 0.1) is 0 Å². The van der Waals surface area contributed by atoms with Crippen molar-refractivity contribution in [3.63, 3.8) is 0 Å². The number of hydrogen-bond donors (Lipinski definition) is 2. The van der Waals surface area contributed by atoms with Crippen LogP contribution in [0.3, 0.4) is 0 Å². The fourth-order valence-electron chi connectivity index (χ4n) is 1.10. The van der Waals surface area contributed by atoms with Gasteiger partial charge in [-0.3, -0.25) is 9.78 Å². The summed E-state index contributed by atoms with van der Waals surface area (Å²) in [7, 11) is 0. The van der Waals surface area contributed by atoms with Crippen molar-refractivity contribution < 1.29 is 9.90 Å². The number of carbonyl (C=O) groups excluding carboxylic acids is 1. The number of aromatic nitrogens is 1. The van der Waals surface area contributed by atoms with Crippen molar-refractivity contribution in [2.24, 2.45) is 0 Å². The van der Waals surface area contributed by atoms with Crippen LogP contribution < -0.4 is 5.32 Å². The topological polar surface area (TPSA) is 62.2 Å². The number of nitrogens with zero attached hydrogens (tertiary/aromatic N) is 1. The summed E-state index contributed by atoms with van der Waals surface area (Å²) < 4.78 is 0. The van der Waals surface area contributed by atoms with Crippen molar-refractivity contribution in [1.29, 1.82) is 0 Å². The van der Waals surface area contributed by atoms with E-state index in [0.717, 1.165) is 5.56 Å². The van der Waals surface area contributed by atoms with Crippen LogP contribution in [0.2, 0.25) is 0 Å². The van der Waals surface area contributed by atoms with Crippen LogP contribution in [0.5, 0.6) is 0 Å². The summed E-state index contributed by atoms with van der Waals surface area (Å²) in [6.45, 7) is 4.13. The number of nitrogens with one attached hydrogen (secondary N) is 1. The van der Waals surface area contributed by atoms with E-state index in [1.165, 1.54) is 11.8 Å². The second kappa shape index (κ2) is 7.29. The number of pyridine rings is 1. The molecule has 0 aliphatic carbocycles. The third-order valence-electron chi connectivity index (χ3n) is 2.37. The van der Waals surface area contributed by atoms with Gasteiger partial charge in [-0.2, -0.15) is 0 Å². The van der Waals surface area contributed by atoms with Gasteiger partial charge in [0, 0.05) is 24.2 Å². The molecule has 0 unspecified atom stereocenters. The summed E-state index contributed by atoms with van der Waals surface area (Å²) in [5.74, 6) is 0.345. The molecule has 0 saturated heterocycles. The molecule has 0 bridgehead atoms. The first kappa shape index (κ1) is 14.0. The molecule has 0 saturated carbocycles. The lowest BCUT2D eigenvalue weighted by molar-refractivity contribution is -0.118. The molecule has 1 aromatic rings. The molecule has 2 atom stereocenters. The maximum Gasteiger partial charge on any atom is 0.230 e. The summed E-state index contributed by atoms with van der Waals surface area (Å²) in [5.41, 5.74) is 0.981. The Hall–Kier alpha value is -1.07. The van der Waals surface area contributed by atoms with Gasteiger partial charge in [0.15, 0.2) is 0 Å². The molecule has 1 aromatic heterocycles. The molecule has 1 amide bonds. The first-order valence-corrected chi connectivity index (χ1v) is 6.59. The molecule has 2 N–H and O–H groups in total. The SMILES string of the molecule is C[C@H](O)[C@@H](C)SCC(=O)NCc1cccnc1. The number of thioether (sulfide) groups is 1. The summed E-state index contributed by atoms with van der Waals surface area (Å²) in [4.78, 5) is 15.5. The minimum atomic E-state index is -0.397. The highest BCUT2D eigenvalue weighted by Gasteiger charge is 2.11. The predicted molar refractivity (Wildman–Crippen MR) is 69.7 cm³/mol. The summed E-state index contributed by atoms with van der Waals surface area (Å²) in [5, 5.41) is 12.2. The van der Waals surface area contributed by atoms with E-state index in [1.54, 1.807) is 19.3 Å². The van der Waals surface area contributed by atoms with E-state index in [9.17, 15) is 9.90 Å². The average Bonchev–Trinajstić information content (AvgIpc) is 2.34. The zero-order valence-electron chi connectivity index (χ0n) is 10.1. The summed E-state index contributed by atoms with van der Waals surface area (Å²) in [6, 6.07) is 3.75. The van der Waals surface area contributed by atoms with Gasteiger partial charge in [-0.15, -0.1) is 11.8 Å². The second-order valence-corrected chi connectivity index (χ2v) is 5.26. The van der Waals surface area contributed by atoms with Gasteiger partial charge >= 0.3 is 0 Å². The monoisotopic (exact) mass is 254 g/mol. The number of aliphatic hydroxyl groups excluding tert-OH is 1. The van der Waals surface area contributed by atoms with Crippen molar-refractivity contribution in [3.8, 4) is 0 Å². The van der Waals surface area contributed by atoms with E-state index in [1.807, 2.05) is 19.1 Å². The fraction of sp³-hybridized carbons (Fsp3) is 0.500. The Morgan fingerprint density at radius 3 is 2.94 bits per heavy atom. The lowest BCUT2D eigenvalue weighted by atomic mass is 10.3. The molecule has 94 valence electrons. The van der Waals surface area contributed by atoms with Crippen LogP contribution in [0.15, 0.2) is 24.5 Å². The Kier molecular flexibility index (Phi) is 6.00. The van der Waals surface area contributed by atoms with Crippen molar-refractivity contribution in [1.82, 2.24) is 10.3 Å². The van der Waals surface area contributed by atoms with E-state index in [4.69, 9.17) is 0 Å². The third kappa shape index (κ3) is 5.70. The molecule has 5 heteroatoms. The highest BCUT2D eigenvalue weighted by Crippen LogP contribution is 2.13. The summed E-state index contributed by atoms with van der Waals surface area (Å²) in [6.07, 6.45) is 3.03. The van der Waals surface area contributed by atoms with E-state index >= 15 is 0 Å². The minimum Gasteiger partial charge on any atom is -0.392 e. The standard InChI is InChI=1S/C12H18N2O2S/c1-9(15)10(2)17-8-12(16)14-7-11-4-3-5-13-6-11/h3-6,9-10,15H,7-8H2,1-2H3,(H,14,16)/t9-,10+/m0/s1. The van der Waals surface area contributed by atoms with Crippen molar-refractivity contribution in [3.05, 3.63) is 30.1 Å². The van der Waals surface area contributed by atoms with Crippen molar-refractivity contribution in [2.45, 2.75) is 31.7 Å². The maximum atomic E-state index is 11.5. The van der Waals surface area contributed by atoms with Gasteiger partial charge in [0.2, 0.25) is 5.91 Å². The van der Waals surface area contributed by atoms with Crippen molar-refractivity contribution in [2.75, 3.05) is 5.75 Å². The van der Waals surface area contributed by atoms with Gasteiger partial charge in [-0.25, -0.2) is 0 Å². The average molecular weight is 254 g/mol. The number of carbonyl (C=O) groups is 1. The molecule has 0 radical (unpaired) electrons. The zero-order valence-corrected chi connectivity index (χ0v) is 10.9. The molecule has 0 fully saturated rings. The fourth-order valence-corrected chi connectivity index (χ4v) is 1.90. The molecule has 0 spiro atoms. The molecule has 4 nitrogen and oxygen atoms in total. The Morgan fingerprint density at radius 2 is 2.35 bits per heavy atom. The lowest BCUT2D eigenvalue weighted by Gasteiger charge is -2.13. The number of rotatable bonds is 6. The van der Waals surface area contributed by atoms with Crippen molar-refractivity contribution >= 4 is 17.7 Å². The molecule has 0 aliphatic heterocycles. The van der Waals surface area contributed by atoms with Crippen LogP contribution in [0.4, 0.5) is 0 Å². The van der Waals surface area contributed by atoms with Crippen LogP contribution in [0.25, 0.3) is 0 Å². The van der Waals surface area contributed by atoms with E-state index < -0.39 is 6.10 Å². The molecule has 17 heavy (non-hydrogen) atoms. The normalized spacial score (nSPS) is 14.1. The highest BCUT2D eigenvalue weighted by molar-refractivity contribution is 8.00. The Bertz CT molecular complexity index is 344. The molecule has 1 heterocycles. The smallest absolute Gasteiger partial charge is 0.230 e. The quantitative estimate of drug-likeness (QED) is 0.801. The van der Waals surface area contributed by atoms with Gasteiger partial charge in [0.25, 0.3) is 0 Å². The summed E-state index contributed by atoms with van der Waals surface area (Å²) >= 11 is 1.45. The van der Waals surface area contributed by atoms with Crippen LogP contribution in [-0.2, 0) is 11.3 Å². The lowest BCUT2D eigenvalue weighted by Crippen LogP contribution is -2.26.